The summed E-state index contributed by atoms with van der Waals surface area (Å²) < 4.78 is 36.8. The van der Waals surface area contributed by atoms with Gasteiger partial charge in [0.15, 0.2) is 0 Å². The lowest BCUT2D eigenvalue weighted by Gasteiger charge is -2.08. The molecule has 23 heavy (non-hydrogen) atoms. The van der Waals surface area contributed by atoms with Crippen molar-refractivity contribution < 1.29 is 32.4 Å². The molecule has 0 unspecified atom stereocenters. The van der Waals surface area contributed by atoms with Crippen LogP contribution in [-0.2, 0) is 10.1 Å². The number of aromatic carboxylic acids is 1. The maximum Gasteiger partial charge on any atom is 0.344 e. The third-order valence-electron chi connectivity index (χ3n) is 2.75. The number of hydrogen-bond acceptors (Lipinski definition) is 5. The third-order valence-corrected chi connectivity index (χ3v) is 4.09. The molecule has 0 heterocycles. The molecular weight excluding hydrogens is 392 g/mol. The highest BCUT2D eigenvalue weighted by atomic mass is 79.9. The van der Waals surface area contributed by atoms with Crippen LogP contribution < -0.4 is 4.74 Å². The number of carboxylic acid groups (broad SMARTS) is 1. The SMILES string of the molecule is O=C(O)c1cc(S(=O)(=O)O)ccc1C(=O)Oc1cccc(Br)c1. The molecule has 0 spiro atoms. The van der Waals surface area contributed by atoms with Gasteiger partial charge < -0.3 is 9.84 Å². The summed E-state index contributed by atoms with van der Waals surface area (Å²) in [5.41, 5.74) is -0.940. The Bertz CT molecular complexity index is 890. The molecule has 0 saturated carbocycles. The molecule has 0 aliphatic rings. The number of carboxylic acids is 1. The van der Waals surface area contributed by atoms with E-state index in [1.165, 1.54) is 12.1 Å². The predicted molar refractivity (Wildman–Crippen MR) is 82.3 cm³/mol. The molecule has 2 N–H and O–H groups in total. The van der Waals surface area contributed by atoms with Crippen molar-refractivity contribution in [2.24, 2.45) is 0 Å². The first-order valence-electron chi connectivity index (χ1n) is 6.01. The molecular formula is C14H9BrO7S. The van der Waals surface area contributed by atoms with Gasteiger partial charge in [-0.1, -0.05) is 22.0 Å². The molecule has 120 valence electrons. The minimum absolute atomic E-state index is 0.180. The van der Waals surface area contributed by atoms with Crippen molar-refractivity contribution in [1.29, 1.82) is 0 Å². The van der Waals surface area contributed by atoms with Crippen LogP contribution in [0, 0.1) is 0 Å². The fourth-order valence-electron chi connectivity index (χ4n) is 1.73. The highest BCUT2D eigenvalue weighted by molar-refractivity contribution is 9.10. The van der Waals surface area contributed by atoms with Gasteiger partial charge in [-0.15, -0.1) is 0 Å². The number of hydrogen-bond donors (Lipinski definition) is 2. The number of esters is 1. The summed E-state index contributed by atoms with van der Waals surface area (Å²) in [5.74, 6) is -2.32. The lowest BCUT2D eigenvalue weighted by atomic mass is 10.1. The van der Waals surface area contributed by atoms with Crippen molar-refractivity contribution in [2.75, 3.05) is 0 Å². The van der Waals surface area contributed by atoms with Gasteiger partial charge in [0.05, 0.1) is 16.0 Å². The quantitative estimate of drug-likeness (QED) is 0.459. The van der Waals surface area contributed by atoms with Crippen molar-refractivity contribution in [1.82, 2.24) is 0 Å². The summed E-state index contributed by atoms with van der Waals surface area (Å²) in [4.78, 5) is 22.7. The number of carbonyl (C=O) groups excluding carboxylic acids is 1. The zero-order valence-electron chi connectivity index (χ0n) is 11.3. The van der Waals surface area contributed by atoms with Crippen molar-refractivity contribution in [3.8, 4) is 5.75 Å². The van der Waals surface area contributed by atoms with E-state index in [1.807, 2.05) is 0 Å². The van der Waals surface area contributed by atoms with Gasteiger partial charge >= 0.3 is 11.9 Å². The molecule has 0 amide bonds. The minimum atomic E-state index is -4.59. The zero-order valence-corrected chi connectivity index (χ0v) is 13.7. The van der Waals surface area contributed by atoms with Crippen LogP contribution in [0.3, 0.4) is 0 Å². The van der Waals surface area contributed by atoms with E-state index in [4.69, 9.17) is 14.4 Å². The van der Waals surface area contributed by atoms with Crippen LogP contribution in [0.2, 0.25) is 0 Å². The Hall–Kier alpha value is -2.23. The summed E-state index contributed by atoms with van der Waals surface area (Å²) >= 11 is 3.20. The minimum Gasteiger partial charge on any atom is -0.478 e. The summed E-state index contributed by atoms with van der Waals surface area (Å²) in [6, 6.07) is 8.90. The van der Waals surface area contributed by atoms with Crippen LogP contribution in [0.15, 0.2) is 51.8 Å². The van der Waals surface area contributed by atoms with Crippen LogP contribution in [0.4, 0.5) is 0 Å². The summed E-state index contributed by atoms with van der Waals surface area (Å²) in [7, 11) is -4.59. The van der Waals surface area contributed by atoms with E-state index in [9.17, 15) is 18.0 Å². The normalized spacial score (nSPS) is 11.0. The van der Waals surface area contributed by atoms with Gasteiger partial charge in [0.25, 0.3) is 10.1 Å². The third kappa shape index (κ3) is 4.15. The molecule has 0 atom stereocenters. The highest BCUT2D eigenvalue weighted by Gasteiger charge is 2.22. The van der Waals surface area contributed by atoms with Crippen molar-refractivity contribution in [3.63, 3.8) is 0 Å². The largest absolute Gasteiger partial charge is 0.478 e. The number of halogens is 1. The number of rotatable bonds is 4. The average Bonchev–Trinajstić information content (AvgIpc) is 2.45. The monoisotopic (exact) mass is 400 g/mol. The Balaban J connectivity index is 2.42. The fourth-order valence-corrected chi connectivity index (χ4v) is 2.62. The summed E-state index contributed by atoms with van der Waals surface area (Å²) in [5, 5.41) is 9.12. The first kappa shape index (κ1) is 17.1. The second kappa shape index (κ2) is 6.49. The zero-order chi connectivity index (χ0) is 17.2. The Morgan fingerprint density at radius 2 is 1.74 bits per heavy atom. The van der Waals surface area contributed by atoms with E-state index < -0.39 is 32.5 Å². The smallest absolute Gasteiger partial charge is 0.344 e. The van der Waals surface area contributed by atoms with E-state index in [0.29, 0.717) is 10.5 Å². The second-order valence-electron chi connectivity index (χ2n) is 4.33. The second-order valence-corrected chi connectivity index (χ2v) is 6.67. The molecule has 7 nitrogen and oxygen atoms in total. The number of ether oxygens (including phenoxy) is 1. The molecule has 0 aliphatic carbocycles. The molecule has 0 aromatic heterocycles. The van der Waals surface area contributed by atoms with Crippen molar-refractivity contribution >= 4 is 38.0 Å². The Morgan fingerprint density at radius 1 is 1.04 bits per heavy atom. The first-order valence-corrected chi connectivity index (χ1v) is 8.24. The van der Waals surface area contributed by atoms with E-state index in [2.05, 4.69) is 15.9 Å². The van der Waals surface area contributed by atoms with Crippen LogP contribution in [0.1, 0.15) is 20.7 Å². The molecule has 0 aliphatic heterocycles. The maximum absolute atomic E-state index is 12.1. The Kier molecular flexibility index (Phi) is 4.83. The lowest BCUT2D eigenvalue weighted by molar-refractivity contribution is 0.0667. The van der Waals surface area contributed by atoms with Gasteiger partial charge in [-0.25, -0.2) is 9.59 Å². The van der Waals surface area contributed by atoms with Gasteiger partial charge in [-0.3, -0.25) is 4.55 Å². The lowest BCUT2D eigenvalue weighted by Crippen LogP contribution is -2.15. The molecule has 2 aromatic rings. The van der Waals surface area contributed by atoms with Gasteiger partial charge in [0, 0.05) is 4.47 Å². The molecule has 0 saturated heterocycles. The molecule has 9 heteroatoms. The van der Waals surface area contributed by atoms with E-state index in [-0.39, 0.29) is 11.3 Å². The van der Waals surface area contributed by atoms with Gasteiger partial charge in [0.1, 0.15) is 5.75 Å². The average molecular weight is 401 g/mol. The Morgan fingerprint density at radius 3 is 2.30 bits per heavy atom. The van der Waals surface area contributed by atoms with Crippen molar-refractivity contribution in [2.45, 2.75) is 4.90 Å². The molecule has 0 fully saturated rings. The molecule has 0 radical (unpaired) electrons. The standard InChI is InChI=1S/C14H9BrO7S/c15-8-2-1-3-9(6-8)22-14(18)11-5-4-10(23(19,20)21)7-12(11)13(16)17/h1-7H,(H,16,17)(H,19,20,21). The van der Waals surface area contributed by atoms with E-state index in [0.717, 1.165) is 12.1 Å². The van der Waals surface area contributed by atoms with Crippen LogP contribution >= 0.6 is 15.9 Å². The van der Waals surface area contributed by atoms with Crippen molar-refractivity contribution in [3.05, 3.63) is 58.1 Å². The van der Waals surface area contributed by atoms with Crippen LogP contribution in [0.25, 0.3) is 0 Å². The maximum atomic E-state index is 12.1. The fraction of sp³-hybridized carbons (Fsp3) is 0. The topological polar surface area (TPSA) is 118 Å². The molecule has 0 bridgehead atoms. The Labute approximate surface area is 139 Å². The summed E-state index contributed by atoms with van der Waals surface area (Å²) in [6.07, 6.45) is 0. The highest BCUT2D eigenvalue weighted by Crippen LogP contribution is 2.21. The number of carbonyl (C=O) groups is 2. The first-order chi connectivity index (χ1) is 10.7. The van der Waals surface area contributed by atoms with Gasteiger partial charge in [0.2, 0.25) is 0 Å². The van der Waals surface area contributed by atoms with Gasteiger partial charge in [-0.05, 0) is 36.4 Å². The predicted octanol–water partition coefficient (Wildman–Crippen LogP) is 2.61. The van der Waals surface area contributed by atoms with E-state index in [1.54, 1.807) is 12.1 Å². The van der Waals surface area contributed by atoms with Gasteiger partial charge in [-0.2, -0.15) is 8.42 Å². The molecule has 2 rings (SSSR count). The van der Waals surface area contributed by atoms with Crippen LogP contribution in [-0.4, -0.2) is 30.0 Å². The summed E-state index contributed by atoms with van der Waals surface area (Å²) in [6.45, 7) is 0. The molecule has 2 aromatic carbocycles. The number of benzene rings is 2. The van der Waals surface area contributed by atoms with E-state index >= 15 is 0 Å². The van der Waals surface area contributed by atoms with Crippen LogP contribution in [0.5, 0.6) is 5.75 Å².